The van der Waals surface area contributed by atoms with E-state index in [4.69, 9.17) is 22.1 Å². The van der Waals surface area contributed by atoms with Gasteiger partial charge in [-0.3, -0.25) is 4.79 Å². The summed E-state index contributed by atoms with van der Waals surface area (Å²) in [5, 5.41) is 2.71. The Hall–Kier alpha value is -1.75. The zero-order valence-electron chi connectivity index (χ0n) is 8.40. The summed E-state index contributed by atoms with van der Waals surface area (Å²) in [5.74, 6) is 0.530. The van der Waals surface area contributed by atoms with E-state index in [9.17, 15) is 9.59 Å². The average molecular weight is 243 g/mol. The second kappa shape index (κ2) is 5.97. The minimum absolute atomic E-state index is 0.277. The Labute approximate surface area is 97.5 Å². The molecule has 1 rings (SSSR count). The molecule has 5 nitrogen and oxygen atoms in total. The molecule has 86 valence electrons. The normalized spacial score (nSPS) is 9.56. The molecule has 0 aliphatic rings. The Morgan fingerprint density at radius 1 is 1.56 bits per heavy atom. The van der Waals surface area contributed by atoms with E-state index in [1.807, 2.05) is 0 Å². The van der Waals surface area contributed by atoms with Crippen LogP contribution in [0.2, 0.25) is 5.02 Å². The predicted octanol–water partition coefficient (Wildman–Crippen LogP) is 1.20. The lowest BCUT2D eigenvalue weighted by molar-refractivity contribution is 0.112. The summed E-state index contributed by atoms with van der Waals surface area (Å²) < 4.78 is 5.27. The highest BCUT2D eigenvalue weighted by Crippen LogP contribution is 2.20. The van der Waals surface area contributed by atoms with Gasteiger partial charge in [-0.15, -0.1) is 0 Å². The largest absolute Gasteiger partial charge is 0.492 e. The molecule has 1 aromatic rings. The van der Waals surface area contributed by atoms with E-state index in [-0.39, 0.29) is 6.61 Å². The number of ether oxygens (including phenoxy) is 1. The van der Waals surface area contributed by atoms with Gasteiger partial charge in [-0.05, 0) is 18.2 Å². The van der Waals surface area contributed by atoms with Crippen LogP contribution in [0, 0.1) is 0 Å². The van der Waals surface area contributed by atoms with Gasteiger partial charge in [0.25, 0.3) is 0 Å². The van der Waals surface area contributed by atoms with Gasteiger partial charge in [0.1, 0.15) is 12.4 Å². The van der Waals surface area contributed by atoms with E-state index in [0.29, 0.717) is 29.2 Å². The van der Waals surface area contributed by atoms with Crippen LogP contribution >= 0.6 is 11.6 Å². The Bertz CT molecular complexity index is 396. The number of rotatable bonds is 5. The number of nitrogens with one attached hydrogen (secondary N) is 1. The standard InChI is InChI=1S/C10H11ClN2O3/c11-9-5-8(2-1-7(9)6-14)16-4-3-13-10(12)15/h1-2,5-6H,3-4H2,(H3,12,13,15). The average Bonchev–Trinajstić information content (AvgIpc) is 2.24. The summed E-state index contributed by atoms with van der Waals surface area (Å²) in [5.41, 5.74) is 5.28. The fraction of sp³-hybridized carbons (Fsp3) is 0.200. The van der Waals surface area contributed by atoms with E-state index < -0.39 is 6.03 Å². The lowest BCUT2D eigenvalue weighted by Gasteiger charge is -2.07. The molecular weight excluding hydrogens is 232 g/mol. The maximum atomic E-state index is 10.5. The van der Waals surface area contributed by atoms with Crippen LogP contribution in [-0.2, 0) is 0 Å². The van der Waals surface area contributed by atoms with Crippen LogP contribution in [-0.4, -0.2) is 25.5 Å². The van der Waals surface area contributed by atoms with Crippen LogP contribution in [0.5, 0.6) is 5.75 Å². The van der Waals surface area contributed by atoms with Gasteiger partial charge in [0.15, 0.2) is 6.29 Å². The summed E-state index contributed by atoms with van der Waals surface area (Å²) in [6.45, 7) is 0.585. The first kappa shape index (κ1) is 12.3. The van der Waals surface area contributed by atoms with Gasteiger partial charge < -0.3 is 15.8 Å². The van der Waals surface area contributed by atoms with E-state index in [0.717, 1.165) is 0 Å². The van der Waals surface area contributed by atoms with Crippen LogP contribution in [0.1, 0.15) is 10.4 Å². The van der Waals surface area contributed by atoms with Crippen molar-refractivity contribution in [2.75, 3.05) is 13.2 Å². The number of hydrogen-bond acceptors (Lipinski definition) is 3. The molecule has 0 heterocycles. The Morgan fingerprint density at radius 3 is 2.88 bits per heavy atom. The molecule has 2 amide bonds. The molecule has 0 bridgehead atoms. The smallest absolute Gasteiger partial charge is 0.312 e. The molecule has 3 N–H and O–H groups in total. The molecule has 16 heavy (non-hydrogen) atoms. The summed E-state index contributed by atoms with van der Waals surface area (Å²) in [4.78, 5) is 20.8. The second-order valence-electron chi connectivity index (χ2n) is 2.94. The molecule has 0 atom stereocenters. The van der Waals surface area contributed by atoms with Crippen molar-refractivity contribution in [1.82, 2.24) is 5.32 Å². The highest BCUT2D eigenvalue weighted by Gasteiger charge is 2.01. The number of carbonyl (C=O) groups is 2. The molecule has 0 aromatic heterocycles. The third-order valence-electron chi connectivity index (χ3n) is 1.77. The van der Waals surface area contributed by atoms with Gasteiger partial charge in [0.2, 0.25) is 0 Å². The molecule has 0 saturated heterocycles. The molecule has 0 unspecified atom stereocenters. The SMILES string of the molecule is NC(=O)NCCOc1ccc(C=O)c(Cl)c1. The molecule has 0 radical (unpaired) electrons. The first-order valence-corrected chi connectivity index (χ1v) is 4.92. The fourth-order valence-electron chi connectivity index (χ4n) is 1.04. The molecule has 0 aliphatic heterocycles. The molecule has 0 saturated carbocycles. The van der Waals surface area contributed by atoms with Gasteiger partial charge >= 0.3 is 6.03 Å². The molecule has 0 aliphatic carbocycles. The number of urea groups is 1. The molecular formula is C10H11ClN2O3. The van der Waals surface area contributed by atoms with Gasteiger partial charge in [-0.1, -0.05) is 11.6 Å². The monoisotopic (exact) mass is 242 g/mol. The minimum Gasteiger partial charge on any atom is -0.492 e. The van der Waals surface area contributed by atoms with E-state index in [2.05, 4.69) is 5.32 Å². The van der Waals surface area contributed by atoms with Crippen molar-refractivity contribution in [3.8, 4) is 5.75 Å². The zero-order valence-corrected chi connectivity index (χ0v) is 9.16. The number of nitrogens with two attached hydrogens (primary N) is 1. The van der Waals surface area contributed by atoms with Crippen molar-refractivity contribution in [2.45, 2.75) is 0 Å². The summed E-state index contributed by atoms with van der Waals surface area (Å²) in [7, 11) is 0. The Morgan fingerprint density at radius 2 is 2.31 bits per heavy atom. The number of halogens is 1. The maximum absolute atomic E-state index is 10.5. The number of primary amides is 1. The van der Waals surface area contributed by atoms with E-state index in [1.165, 1.54) is 6.07 Å². The topological polar surface area (TPSA) is 81.4 Å². The third kappa shape index (κ3) is 3.78. The molecule has 1 aromatic carbocycles. The van der Waals surface area contributed by atoms with Gasteiger partial charge in [-0.25, -0.2) is 4.79 Å². The predicted molar refractivity (Wildman–Crippen MR) is 59.9 cm³/mol. The highest BCUT2D eigenvalue weighted by molar-refractivity contribution is 6.33. The third-order valence-corrected chi connectivity index (χ3v) is 2.10. The van der Waals surface area contributed by atoms with Crippen LogP contribution in [0.15, 0.2) is 18.2 Å². The Kier molecular flexibility index (Phi) is 4.60. The number of hydrogen-bond donors (Lipinski definition) is 2. The number of amides is 2. The van der Waals surface area contributed by atoms with E-state index in [1.54, 1.807) is 12.1 Å². The first-order chi connectivity index (χ1) is 7.63. The van der Waals surface area contributed by atoms with Crippen LogP contribution in [0.4, 0.5) is 4.79 Å². The van der Waals surface area contributed by atoms with Crippen molar-refractivity contribution < 1.29 is 14.3 Å². The van der Waals surface area contributed by atoms with Crippen LogP contribution < -0.4 is 15.8 Å². The lowest BCUT2D eigenvalue weighted by atomic mass is 10.2. The zero-order chi connectivity index (χ0) is 12.0. The van der Waals surface area contributed by atoms with Crippen LogP contribution in [0.3, 0.4) is 0 Å². The second-order valence-corrected chi connectivity index (χ2v) is 3.35. The quantitative estimate of drug-likeness (QED) is 0.601. The van der Waals surface area contributed by atoms with Crippen molar-refractivity contribution in [1.29, 1.82) is 0 Å². The first-order valence-electron chi connectivity index (χ1n) is 4.54. The van der Waals surface area contributed by atoms with E-state index >= 15 is 0 Å². The lowest BCUT2D eigenvalue weighted by Crippen LogP contribution is -2.32. The minimum atomic E-state index is -0.599. The Balaban J connectivity index is 2.46. The van der Waals surface area contributed by atoms with Crippen LogP contribution in [0.25, 0.3) is 0 Å². The van der Waals surface area contributed by atoms with Crippen molar-refractivity contribution in [3.63, 3.8) is 0 Å². The summed E-state index contributed by atoms with van der Waals surface area (Å²) >= 11 is 5.79. The molecule has 6 heteroatoms. The maximum Gasteiger partial charge on any atom is 0.312 e. The number of benzene rings is 1. The summed E-state index contributed by atoms with van der Waals surface area (Å²) in [6.07, 6.45) is 0.667. The fourth-order valence-corrected chi connectivity index (χ4v) is 1.25. The number of aldehydes is 1. The van der Waals surface area contributed by atoms with Crippen molar-refractivity contribution >= 4 is 23.9 Å². The highest BCUT2D eigenvalue weighted by atomic mass is 35.5. The van der Waals surface area contributed by atoms with Gasteiger partial charge in [0.05, 0.1) is 11.6 Å². The van der Waals surface area contributed by atoms with Gasteiger partial charge in [0, 0.05) is 5.56 Å². The van der Waals surface area contributed by atoms with Gasteiger partial charge in [-0.2, -0.15) is 0 Å². The number of carbonyl (C=O) groups excluding carboxylic acids is 2. The summed E-state index contributed by atoms with van der Waals surface area (Å²) in [6, 6.07) is 4.12. The molecule has 0 fully saturated rings. The van der Waals surface area contributed by atoms with Crippen molar-refractivity contribution in [2.24, 2.45) is 5.73 Å². The molecule has 0 spiro atoms. The van der Waals surface area contributed by atoms with Crippen molar-refractivity contribution in [3.05, 3.63) is 28.8 Å².